The zero-order valence-electron chi connectivity index (χ0n) is 8.99. The summed E-state index contributed by atoms with van der Waals surface area (Å²) in [5, 5.41) is 0. The fourth-order valence-electron chi connectivity index (χ4n) is 1.17. The monoisotopic (exact) mass is 211 g/mol. The lowest BCUT2D eigenvalue weighted by Crippen LogP contribution is -2.34. The highest BCUT2D eigenvalue weighted by atomic mass is 16.5. The average molecular weight is 211 g/mol. The molecule has 0 spiro atoms. The molecule has 0 saturated heterocycles. The van der Waals surface area contributed by atoms with Crippen molar-refractivity contribution in [3.8, 4) is 0 Å². The van der Waals surface area contributed by atoms with Gasteiger partial charge in [0.2, 0.25) is 0 Å². The van der Waals surface area contributed by atoms with E-state index in [1.807, 2.05) is 0 Å². The van der Waals surface area contributed by atoms with Crippen LogP contribution in [0.15, 0.2) is 11.1 Å². The van der Waals surface area contributed by atoms with Crippen LogP contribution < -0.4 is 0 Å². The number of hydrogen-bond acceptors (Lipinski definition) is 4. The van der Waals surface area contributed by atoms with Crippen molar-refractivity contribution in [3.05, 3.63) is 11.1 Å². The van der Waals surface area contributed by atoms with Crippen LogP contribution in [0, 0.1) is 0 Å². The Bertz CT molecular complexity index is 332. The van der Waals surface area contributed by atoms with Crippen LogP contribution >= 0.6 is 0 Å². The fourth-order valence-corrected chi connectivity index (χ4v) is 1.17. The SMILES string of the molecule is CCC(=O)OCN1C(=O)C(C)=C(C)C1=O. The first-order valence-electron chi connectivity index (χ1n) is 4.68. The predicted octanol–water partition coefficient (Wildman–Crippen LogP) is 0.602. The van der Waals surface area contributed by atoms with Crippen molar-refractivity contribution in [3.63, 3.8) is 0 Å². The summed E-state index contributed by atoms with van der Waals surface area (Å²) in [6.07, 6.45) is 0.224. The molecule has 0 aromatic carbocycles. The molecule has 1 rings (SSSR count). The van der Waals surface area contributed by atoms with Crippen LogP contribution in [0.3, 0.4) is 0 Å². The molecule has 0 radical (unpaired) electrons. The van der Waals surface area contributed by atoms with Gasteiger partial charge in [-0.1, -0.05) is 6.92 Å². The smallest absolute Gasteiger partial charge is 0.307 e. The topological polar surface area (TPSA) is 63.7 Å². The van der Waals surface area contributed by atoms with Crippen LogP contribution in [0.1, 0.15) is 27.2 Å². The van der Waals surface area contributed by atoms with Crippen molar-refractivity contribution in [2.75, 3.05) is 6.73 Å². The highest BCUT2D eigenvalue weighted by Gasteiger charge is 2.33. The van der Waals surface area contributed by atoms with Gasteiger partial charge in [-0.3, -0.25) is 14.4 Å². The van der Waals surface area contributed by atoms with E-state index in [9.17, 15) is 14.4 Å². The molecule has 5 heteroatoms. The molecule has 0 atom stereocenters. The minimum atomic E-state index is -0.433. The van der Waals surface area contributed by atoms with Crippen molar-refractivity contribution in [1.29, 1.82) is 0 Å². The van der Waals surface area contributed by atoms with Gasteiger partial charge in [-0.25, -0.2) is 4.90 Å². The molecule has 82 valence electrons. The Morgan fingerprint density at radius 3 is 2.07 bits per heavy atom. The summed E-state index contributed by atoms with van der Waals surface area (Å²) >= 11 is 0. The standard InChI is InChI=1S/C10H13NO4/c1-4-8(12)15-5-11-9(13)6(2)7(3)10(11)14/h4-5H2,1-3H3. The van der Waals surface area contributed by atoms with E-state index in [4.69, 9.17) is 4.74 Å². The Labute approximate surface area is 87.7 Å². The maximum Gasteiger partial charge on any atom is 0.307 e. The first kappa shape index (κ1) is 11.4. The molecular weight excluding hydrogens is 198 g/mol. The number of ether oxygens (including phenoxy) is 1. The summed E-state index contributed by atoms with van der Waals surface area (Å²) in [6, 6.07) is 0. The van der Waals surface area contributed by atoms with Crippen LogP contribution in [-0.4, -0.2) is 29.4 Å². The largest absolute Gasteiger partial charge is 0.444 e. The lowest BCUT2D eigenvalue weighted by Gasteiger charge is -2.14. The predicted molar refractivity (Wildman–Crippen MR) is 51.5 cm³/mol. The van der Waals surface area contributed by atoms with E-state index in [-0.39, 0.29) is 25.0 Å². The number of nitrogens with zero attached hydrogens (tertiary/aromatic N) is 1. The lowest BCUT2D eigenvalue weighted by molar-refractivity contribution is -0.154. The molecule has 15 heavy (non-hydrogen) atoms. The van der Waals surface area contributed by atoms with Gasteiger partial charge in [0.15, 0.2) is 6.73 Å². The van der Waals surface area contributed by atoms with Crippen LogP contribution in [0.25, 0.3) is 0 Å². The van der Waals surface area contributed by atoms with Gasteiger partial charge in [0.05, 0.1) is 0 Å². The van der Waals surface area contributed by atoms with E-state index < -0.39 is 5.97 Å². The van der Waals surface area contributed by atoms with Gasteiger partial charge in [0.25, 0.3) is 11.8 Å². The number of carbonyl (C=O) groups excluding carboxylic acids is 3. The van der Waals surface area contributed by atoms with Crippen molar-refractivity contribution in [2.45, 2.75) is 27.2 Å². The molecule has 1 aliphatic rings. The molecule has 1 heterocycles. The van der Waals surface area contributed by atoms with E-state index >= 15 is 0 Å². The molecule has 5 nitrogen and oxygen atoms in total. The first-order valence-corrected chi connectivity index (χ1v) is 4.68. The van der Waals surface area contributed by atoms with Crippen LogP contribution in [0.5, 0.6) is 0 Å². The van der Waals surface area contributed by atoms with Crippen LogP contribution in [-0.2, 0) is 19.1 Å². The van der Waals surface area contributed by atoms with Gasteiger partial charge in [-0.2, -0.15) is 0 Å². The molecule has 0 aromatic heterocycles. The maximum absolute atomic E-state index is 11.5. The van der Waals surface area contributed by atoms with Crippen LogP contribution in [0.4, 0.5) is 0 Å². The summed E-state index contributed by atoms with van der Waals surface area (Å²) < 4.78 is 4.73. The second-order valence-electron chi connectivity index (χ2n) is 3.29. The molecule has 2 amide bonds. The number of carbonyl (C=O) groups is 3. The molecule has 0 aliphatic carbocycles. The van der Waals surface area contributed by atoms with Crippen molar-refractivity contribution in [2.24, 2.45) is 0 Å². The summed E-state index contributed by atoms with van der Waals surface area (Å²) in [7, 11) is 0. The van der Waals surface area contributed by atoms with E-state index in [0.29, 0.717) is 11.1 Å². The van der Waals surface area contributed by atoms with Gasteiger partial charge in [-0.15, -0.1) is 0 Å². The second-order valence-corrected chi connectivity index (χ2v) is 3.29. The molecule has 0 saturated carbocycles. The van der Waals surface area contributed by atoms with Crippen molar-refractivity contribution >= 4 is 17.8 Å². The molecular formula is C10H13NO4. The highest BCUT2D eigenvalue weighted by molar-refractivity contribution is 6.18. The third-order valence-electron chi connectivity index (χ3n) is 2.34. The lowest BCUT2D eigenvalue weighted by atomic mass is 10.2. The van der Waals surface area contributed by atoms with Gasteiger partial charge in [-0.05, 0) is 13.8 Å². The molecule has 1 aliphatic heterocycles. The third-order valence-corrected chi connectivity index (χ3v) is 2.34. The van der Waals surface area contributed by atoms with E-state index in [1.54, 1.807) is 20.8 Å². The Morgan fingerprint density at radius 2 is 1.67 bits per heavy atom. The zero-order chi connectivity index (χ0) is 11.6. The second kappa shape index (κ2) is 4.25. The number of amides is 2. The number of esters is 1. The maximum atomic E-state index is 11.5. The quantitative estimate of drug-likeness (QED) is 0.506. The molecule has 0 bridgehead atoms. The molecule has 0 fully saturated rings. The number of imide groups is 1. The summed E-state index contributed by atoms with van der Waals surface area (Å²) in [5.74, 6) is -1.21. The fraction of sp³-hybridized carbons (Fsp3) is 0.500. The van der Waals surface area contributed by atoms with E-state index in [0.717, 1.165) is 4.90 Å². The van der Waals surface area contributed by atoms with E-state index in [1.165, 1.54) is 0 Å². The summed E-state index contributed by atoms with van der Waals surface area (Å²) in [4.78, 5) is 34.8. The Morgan fingerprint density at radius 1 is 1.20 bits per heavy atom. The Balaban J connectivity index is 2.64. The first-order chi connectivity index (χ1) is 6.99. The third kappa shape index (κ3) is 2.06. The Kier molecular flexibility index (Phi) is 3.24. The molecule has 0 unspecified atom stereocenters. The number of hydrogen-bond donors (Lipinski definition) is 0. The average Bonchev–Trinajstić information content (AvgIpc) is 2.41. The Hall–Kier alpha value is -1.65. The number of rotatable bonds is 3. The molecule has 0 aromatic rings. The summed E-state index contributed by atoms with van der Waals surface area (Å²) in [6.45, 7) is 4.51. The van der Waals surface area contributed by atoms with Gasteiger partial charge in [0, 0.05) is 17.6 Å². The van der Waals surface area contributed by atoms with Gasteiger partial charge >= 0.3 is 5.97 Å². The summed E-state index contributed by atoms with van der Waals surface area (Å²) in [5.41, 5.74) is 0.820. The van der Waals surface area contributed by atoms with Gasteiger partial charge < -0.3 is 4.74 Å². The van der Waals surface area contributed by atoms with Gasteiger partial charge in [0.1, 0.15) is 0 Å². The highest BCUT2D eigenvalue weighted by Crippen LogP contribution is 2.19. The minimum Gasteiger partial charge on any atom is -0.444 e. The van der Waals surface area contributed by atoms with Crippen LogP contribution in [0.2, 0.25) is 0 Å². The van der Waals surface area contributed by atoms with Crippen molar-refractivity contribution in [1.82, 2.24) is 4.90 Å². The molecule has 0 N–H and O–H groups in total. The van der Waals surface area contributed by atoms with Crippen molar-refractivity contribution < 1.29 is 19.1 Å². The normalized spacial score (nSPS) is 16.3. The minimum absolute atomic E-state index is 0.224. The van der Waals surface area contributed by atoms with E-state index in [2.05, 4.69) is 0 Å². The zero-order valence-corrected chi connectivity index (χ0v) is 8.99.